The molecule has 0 spiro atoms. The molecule has 2 rings (SSSR count). The van der Waals surface area contributed by atoms with Crippen molar-refractivity contribution in [2.24, 2.45) is 5.92 Å². The molecule has 0 atom stereocenters. The molecular formula is C20H24N2O4. The number of amides is 2. The monoisotopic (exact) mass is 356 g/mol. The molecule has 0 saturated heterocycles. The second-order valence-corrected chi connectivity index (χ2v) is 6.20. The van der Waals surface area contributed by atoms with Crippen LogP contribution in [0.4, 0.5) is 11.4 Å². The van der Waals surface area contributed by atoms with E-state index in [1.807, 2.05) is 20.8 Å². The van der Waals surface area contributed by atoms with Crippen LogP contribution in [0.25, 0.3) is 0 Å². The minimum absolute atomic E-state index is 0.0665. The van der Waals surface area contributed by atoms with Gasteiger partial charge in [-0.2, -0.15) is 0 Å². The van der Waals surface area contributed by atoms with Gasteiger partial charge in [0.1, 0.15) is 0 Å². The van der Waals surface area contributed by atoms with Crippen molar-refractivity contribution in [1.29, 1.82) is 0 Å². The SMILES string of the molecule is COc1cc(C)c(NC(=O)c2ccc(NC(=O)C(C)C)cc2)cc1OC. The summed E-state index contributed by atoms with van der Waals surface area (Å²) >= 11 is 0. The van der Waals surface area contributed by atoms with Gasteiger partial charge in [-0.3, -0.25) is 9.59 Å². The van der Waals surface area contributed by atoms with E-state index in [-0.39, 0.29) is 17.7 Å². The number of rotatable bonds is 6. The Morgan fingerprint density at radius 2 is 1.50 bits per heavy atom. The maximum Gasteiger partial charge on any atom is 0.255 e. The van der Waals surface area contributed by atoms with Gasteiger partial charge in [0.15, 0.2) is 11.5 Å². The molecule has 26 heavy (non-hydrogen) atoms. The Hall–Kier alpha value is -3.02. The van der Waals surface area contributed by atoms with E-state index in [1.165, 1.54) is 0 Å². The number of hydrogen-bond donors (Lipinski definition) is 2. The van der Waals surface area contributed by atoms with Crippen molar-refractivity contribution in [1.82, 2.24) is 0 Å². The van der Waals surface area contributed by atoms with E-state index in [2.05, 4.69) is 10.6 Å². The van der Waals surface area contributed by atoms with Crippen molar-refractivity contribution in [3.63, 3.8) is 0 Å². The van der Waals surface area contributed by atoms with Crippen molar-refractivity contribution in [2.75, 3.05) is 24.9 Å². The summed E-state index contributed by atoms with van der Waals surface area (Å²) < 4.78 is 10.5. The number of aryl methyl sites for hydroxylation is 1. The predicted octanol–water partition coefficient (Wildman–Crippen LogP) is 3.86. The summed E-state index contributed by atoms with van der Waals surface area (Å²) in [4.78, 5) is 24.2. The Morgan fingerprint density at radius 1 is 0.923 bits per heavy atom. The Kier molecular flexibility index (Phi) is 6.22. The van der Waals surface area contributed by atoms with E-state index in [0.29, 0.717) is 28.4 Å². The van der Waals surface area contributed by atoms with Gasteiger partial charge < -0.3 is 20.1 Å². The van der Waals surface area contributed by atoms with E-state index < -0.39 is 0 Å². The lowest BCUT2D eigenvalue weighted by Crippen LogP contribution is -2.18. The smallest absolute Gasteiger partial charge is 0.255 e. The van der Waals surface area contributed by atoms with Crippen molar-refractivity contribution in [3.8, 4) is 11.5 Å². The zero-order valence-electron chi connectivity index (χ0n) is 15.7. The topological polar surface area (TPSA) is 76.7 Å². The van der Waals surface area contributed by atoms with E-state index in [9.17, 15) is 9.59 Å². The number of methoxy groups -OCH3 is 2. The molecule has 2 aromatic rings. The number of carbonyl (C=O) groups is 2. The zero-order chi connectivity index (χ0) is 19.3. The van der Waals surface area contributed by atoms with Crippen LogP contribution in [-0.4, -0.2) is 26.0 Å². The van der Waals surface area contributed by atoms with Crippen LogP contribution in [0.5, 0.6) is 11.5 Å². The van der Waals surface area contributed by atoms with Crippen molar-refractivity contribution >= 4 is 23.2 Å². The lowest BCUT2D eigenvalue weighted by atomic mass is 10.1. The van der Waals surface area contributed by atoms with Crippen LogP contribution >= 0.6 is 0 Å². The molecule has 0 aliphatic heterocycles. The van der Waals surface area contributed by atoms with Crippen LogP contribution in [-0.2, 0) is 4.79 Å². The van der Waals surface area contributed by atoms with Gasteiger partial charge in [0.05, 0.1) is 14.2 Å². The second kappa shape index (κ2) is 8.38. The third kappa shape index (κ3) is 4.53. The highest BCUT2D eigenvalue weighted by atomic mass is 16.5. The summed E-state index contributed by atoms with van der Waals surface area (Å²) in [5, 5.41) is 5.66. The fourth-order valence-corrected chi connectivity index (χ4v) is 2.30. The summed E-state index contributed by atoms with van der Waals surface area (Å²) in [6.45, 7) is 5.52. The quantitative estimate of drug-likeness (QED) is 0.824. The van der Waals surface area contributed by atoms with E-state index in [1.54, 1.807) is 50.6 Å². The van der Waals surface area contributed by atoms with Gasteiger partial charge in [0.25, 0.3) is 5.91 Å². The average molecular weight is 356 g/mol. The first-order valence-electron chi connectivity index (χ1n) is 8.30. The Morgan fingerprint density at radius 3 is 2.04 bits per heavy atom. The first-order chi connectivity index (χ1) is 12.3. The average Bonchev–Trinajstić information content (AvgIpc) is 2.63. The molecule has 6 nitrogen and oxygen atoms in total. The summed E-state index contributed by atoms with van der Waals surface area (Å²) in [5.74, 6) is 0.726. The number of anilines is 2. The predicted molar refractivity (Wildman–Crippen MR) is 102 cm³/mol. The van der Waals surface area contributed by atoms with Gasteiger partial charge in [0.2, 0.25) is 5.91 Å². The number of benzene rings is 2. The van der Waals surface area contributed by atoms with Crippen LogP contribution in [0.15, 0.2) is 36.4 Å². The number of hydrogen-bond acceptors (Lipinski definition) is 4. The molecule has 2 amide bonds. The largest absolute Gasteiger partial charge is 0.493 e. The molecule has 0 aromatic heterocycles. The number of carbonyl (C=O) groups excluding carboxylic acids is 2. The summed E-state index contributed by atoms with van der Waals surface area (Å²) in [5.41, 5.74) is 2.64. The van der Waals surface area contributed by atoms with Gasteiger partial charge in [-0.25, -0.2) is 0 Å². The molecule has 0 bridgehead atoms. The van der Waals surface area contributed by atoms with Gasteiger partial charge >= 0.3 is 0 Å². The molecule has 138 valence electrons. The third-order valence-electron chi connectivity index (χ3n) is 3.92. The van der Waals surface area contributed by atoms with Crippen LogP contribution < -0.4 is 20.1 Å². The molecule has 2 aromatic carbocycles. The van der Waals surface area contributed by atoms with E-state index >= 15 is 0 Å². The highest BCUT2D eigenvalue weighted by Gasteiger charge is 2.13. The molecule has 2 N–H and O–H groups in total. The van der Waals surface area contributed by atoms with E-state index in [4.69, 9.17) is 9.47 Å². The second-order valence-electron chi connectivity index (χ2n) is 6.20. The Labute approximate surface area is 153 Å². The summed E-state index contributed by atoms with van der Waals surface area (Å²) in [6.07, 6.45) is 0. The summed E-state index contributed by atoms with van der Waals surface area (Å²) in [7, 11) is 3.11. The van der Waals surface area contributed by atoms with Gasteiger partial charge in [-0.15, -0.1) is 0 Å². The first-order valence-corrected chi connectivity index (χ1v) is 8.30. The molecule has 0 heterocycles. The van der Waals surface area contributed by atoms with Crippen LogP contribution in [0.1, 0.15) is 29.8 Å². The molecule has 0 saturated carbocycles. The van der Waals surface area contributed by atoms with Crippen molar-refractivity contribution in [3.05, 3.63) is 47.5 Å². The molecule has 0 unspecified atom stereocenters. The molecular weight excluding hydrogens is 332 g/mol. The fraction of sp³-hybridized carbons (Fsp3) is 0.300. The minimum Gasteiger partial charge on any atom is -0.493 e. The minimum atomic E-state index is -0.248. The van der Waals surface area contributed by atoms with E-state index in [0.717, 1.165) is 5.56 Å². The maximum atomic E-state index is 12.5. The third-order valence-corrected chi connectivity index (χ3v) is 3.92. The first kappa shape index (κ1) is 19.3. The standard InChI is InChI=1S/C20H24N2O4/c1-12(2)19(23)21-15-8-6-14(7-9-15)20(24)22-16-11-18(26-5)17(25-4)10-13(16)3/h6-12H,1-5H3,(H,21,23)(H,22,24). The molecule has 0 radical (unpaired) electrons. The number of nitrogens with one attached hydrogen (secondary N) is 2. The van der Waals surface area contributed by atoms with Crippen molar-refractivity contribution < 1.29 is 19.1 Å². The Bertz CT molecular complexity index is 798. The molecule has 0 fully saturated rings. The zero-order valence-corrected chi connectivity index (χ0v) is 15.7. The normalized spacial score (nSPS) is 10.4. The lowest BCUT2D eigenvalue weighted by Gasteiger charge is -2.14. The van der Waals surface area contributed by atoms with Crippen LogP contribution in [0.2, 0.25) is 0 Å². The van der Waals surface area contributed by atoms with Gasteiger partial charge in [0, 0.05) is 28.9 Å². The van der Waals surface area contributed by atoms with Crippen molar-refractivity contribution in [2.45, 2.75) is 20.8 Å². The lowest BCUT2D eigenvalue weighted by molar-refractivity contribution is -0.118. The highest BCUT2D eigenvalue weighted by Crippen LogP contribution is 2.33. The highest BCUT2D eigenvalue weighted by molar-refractivity contribution is 6.05. The van der Waals surface area contributed by atoms with Gasteiger partial charge in [-0.1, -0.05) is 13.8 Å². The fourth-order valence-electron chi connectivity index (χ4n) is 2.30. The Balaban J connectivity index is 2.14. The number of ether oxygens (including phenoxy) is 2. The molecule has 0 aliphatic carbocycles. The molecule has 0 aliphatic rings. The maximum absolute atomic E-state index is 12.5. The summed E-state index contributed by atoms with van der Waals surface area (Å²) in [6, 6.07) is 10.3. The van der Waals surface area contributed by atoms with Crippen LogP contribution in [0, 0.1) is 12.8 Å². The molecule has 6 heteroatoms. The van der Waals surface area contributed by atoms with Gasteiger partial charge in [-0.05, 0) is 42.8 Å². The van der Waals surface area contributed by atoms with Crippen LogP contribution in [0.3, 0.4) is 0 Å².